The van der Waals surface area contributed by atoms with E-state index in [0.717, 1.165) is 6.54 Å². The van der Waals surface area contributed by atoms with Crippen molar-refractivity contribution in [1.29, 1.82) is 0 Å². The van der Waals surface area contributed by atoms with Crippen molar-refractivity contribution < 1.29 is 9.59 Å². The summed E-state index contributed by atoms with van der Waals surface area (Å²) < 4.78 is 0. The summed E-state index contributed by atoms with van der Waals surface area (Å²) in [6.07, 6.45) is 0.412. The van der Waals surface area contributed by atoms with Crippen LogP contribution in [-0.4, -0.2) is 48.3 Å². The Bertz CT molecular complexity index is 203. The molecule has 0 aromatic heterocycles. The Balaban J connectivity index is 2.56. The molecule has 0 spiro atoms. The van der Waals surface area contributed by atoms with Gasteiger partial charge in [-0.1, -0.05) is 6.92 Å². The van der Waals surface area contributed by atoms with E-state index in [1.165, 1.54) is 4.90 Å². The van der Waals surface area contributed by atoms with Gasteiger partial charge in [0.25, 0.3) is 0 Å². The van der Waals surface area contributed by atoms with E-state index in [0.29, 0.717) is 19.5 Å². The number of likely N-dealkylation sites (N-methyl/N-ethyl adjacent to an activating group) is 1. The molecule has 1 aliphatic heterocycles. The third-order valence-electron chi connectivity index (χ3n) is 2.02. The lowest BCUT2D eigenvalue weighted by atomic mass is 10.3. The van der Waals surface area contributed by atoms with E-state index < -0.39 is 0 Å². The Labute approximate surface area is 72.1 Å². The fourth-order valence-corrected chi connectivity index (χ4v) is 1.25. The third kappa shape index (κ3) is 1.82. The minimum absolute atomic E-state index is 0.0619. The molecule has 1 rings (SSSR count). The molecule has 0 saturated carbocycles. The fourth-order valence-electron chi connectivity index (χ4n) is 1.25. The molecule has 2 amide bonds. The summed E-state index contributed by atoms with van der Waals surface area (Å²) in [4.78, 5) is 25.7. The Morgan fingerprint density at radius 3 is 2.67 bits per heavy atom. The zero-order chi connectivity index (χ0) is 9.14. The predicted molar refractivity (Wildman–Crippen MR) is 44.5 cm³/mol. The van der Waals surface area contributed by atoms with Gasteiger partial charge in [-0.15, -0.1) is 0 Å². The number of nitrogens with zero attached hydrogens (tertiary/aromatic N) is 2. The molecule has 1 aliphatic rings. The van der Waals surface area contributed by atoms with Crippen LogP contribution in [-0.2, 0) is 9.59 Å². The molecule has 0 N–H and O–H groups in total. The Hall–Kier alpha value is -0.900. The molecule has 0 aromatic carbocycles. The van der Waals surface area contributed by atoms with Crippen molar-refractivity contribution in [3.05, 3.63) is 0 Å². The highest BCUT2D eigenvalue weighted by Gasteiger charge is 2.25. The second-order valence-corrected chi connectivity index (χ2v) is 3.03. The van der Waals surface area contributed by atoms with Crippen LogP contribution < -0.4 is 0 Å². The topological polar surface area (TPSA) is 40.6 Å². The number of amides is 2. The monoisotopic (exact) mass is 170 g/mol. The number of rotatable bonds is 1. The SMILES string of the molecule is CCC(=O)N1CCN(C)CC1=O. The van der Waals surface area contributed by atoms with E-state index in [9.17, 15) is 9.59 Å². The van der Waals surface area contributed by atoms with Crippen molar-refractivity contribution >= 4 is 11.8 Å². The van der Waals surface area contributed by atoms with Crippen LogP contribution in [0.2, 0.25) is 0 Å². The van der Waals surface area contributed by atoms with Gasteiger partial charge in [-0.2, -0.15) is 0 Å². The van der Waals surface area contributed by atoms with Gasteiger partial charge in [-0.05, 0) is 7.05 Å². The largest absolute Gasteiger partial charge is 0.296 e. The van der Waals surface area contributed by atoms with E-state index in [1.54, 1.807) is 6.92 Å². The normalized spacial score (nSPS) is 19.8. The zero-order valence-electron chi connectivity index (χ0n) is 7.54. The van der Waals surface area contributed by atoms with E-state index >= 15 is 0 Å². The summed E-state index contributed by atoms with van der Waals surface area (Å²) in [7, 11) is 1.88. The second-order valence-electron chi connectivity index (χ2n) is 3.03. The Morgan fingerprint density at radius 1 is 1.50 bits per heavy atom. The van der Waals surface area contributed by atoms with Crippen molar-refractivity contribution in [2.75, 3.05) is 26.7 Å². The number of imide groups is 1. The van der Waals surface area contributed by atoms with E-state index in [1.807, 2.05) is 11.9 Å². The lowest BCUT2D eigenvalue weighted by molar-refractivity contribution is -0.148. The van der Waals surface area contributed by atoms with Crippen LogP contribution in [0, 0.1) is 0 Å². The molecule has 0 radical (unpaired) electrons. The number of carbonyl (C=O) groups is 2. The van der Waals surface area contributed by atoms with E-state index in [2.05, 4.69) is 0 Å². The van der Waals surface area contributed by atoms with Crippen LogP contribution in [0.5, 0.6) is 0 Å². The van der Waals surface area contributed by atoms with Crippen molar-refractivity contribution in [1.82, 2.24) is 9.80 Å². The zero-order valence-corrected chi connectivity index (χ0v) is 7.54. The molecule has 4 heteroatoms. The van der Waals surface area contributed by atoms with Crippen LogP contribution in [0.15, 0.2) is 0 Å². The first kappa shape index (κ1) is 9.19. The van der Waals surface area contributed by atoms with Crippen molar-refractivity contribution in [2.45, 2.75) is 13.3 Å². The number of carbonyl (C=O) groups excluding carboxylic acids is 2. The average Bonchev–Trinajstić information content (AvgIpc) is 2.03. The molecule has 1 fully saturated rings. The van der Waals surface area contributed by atoms with E-state index in [-0.39, 0.29) is 11.8 Å². The fraction of sp³-hybridized carbons (Fsp3) is 0.750. The standard InChI is InChI=1S/C8H14N2O2/c1-3-7(11)10-5-4-9(2)6-8(10)12/h3-6H2,1-2H3. The van der Waals surface area contributed by atoms with Gasteiger partial charge in [0.2, 0.25) is 11.8 Å². The van der Waals surface area contributed by atoms with E-state index in [4.69, 9.17) is 0 Å². The van der Waals surface area contributed by atoms with Crippen molar-refractivity contribution in [2.24, 2.45) is 0 Å². The third-order valence-corrected chi connectivity index (χ3v) is 2.02. The maximum absolute atomic E-state index is 11.3. The molecule has 1 saturated heterocycles. The van der Waals surface area contributed by atoms with Gasteiger partial charge >= 0.3 is 0 Å². The van der Waals surface area contributed by atoms with Gasteiger partial charge < -0.3 is 0 Å². The van der Waals surface area contributed by atoms with Gasteiger partial charge in [-0.3, -0.25) is 19.4 Å². The first-order chi connectivity index (χ1) is 5.65. The summed E-state index contributed by atoms with van der Waals surface area (Å²) in [5, 5.41) is 0. The van der Waals surface area contributed by atoms with Crippen LogP contribution in [0.1, 0.15) is 13.3 Å². The molecule has 0 aromatic rings. The lowest BCUT2D eigenvalue weighted by Gasteiger charge is -2.30. The quantitative estimate of drug-likeness (QED) is 0.542. The lowest BCUT2D eigenvalue weighted by Crippen LogP contribution is -2.51. The van der Waals surface area contributed by atoms with Gasteiger partial charge in [0.15, 0.2) is 0 Å². The van der Waals surface area contributed by atoms with Gasteiger partial charge in [0, 0.05) is 19.5 Å². The minimum atomic E-state index is -0.0735. The van der Waals surface area contributed by atoms with Crippen LogP contribution in [0.25, 0.3) is 0 Å². The highest BCUT2D eigenvalue weighted by molar-refractivity contribution is 5.96. The van der Waals surface area contributed by atoms with Crippen molar-refractivity contribution in [3.8, 4) is 0 Å². The highest BCUT2D eigenvalue weighted by atomic mass is 16.2. The number of hydrogen-bond donors (Lipinski definition) is 0. The van der Waals surface area contributed by atoms with Crippen LogP contribution in [0.3, 0.4) is 0 Å². The minimum Gasteiger partial charge on any atom is -0.296 e. The number of piperazine rings is 1. The molecule has 0 atom stereocenters. The molecular formula is C8H14N2O2. The van der Waals surface area contributed by atoms with Gasteiger partial charge in [0.1, 0.15) is 0 Å². The molecule has 68 valence electrons. The maximum Gasteiger partial charge on any atom is 0.243 e. The molecule has 4 nitrogen and oxygen atoms in total. The molecule has 12 heavy (non-hydrogen) atoms. The second kappa shape index (κ2) is 3.67. The molecular weight excluding hydrogens is 156 g/mol. The van der Waals surface area contributed by atoms with Crippen LogP contribution in [0.4, 0.5) is 0 Å². The van der Waals surface area contributed by atoms with Gasteiger partial charge in [0.05, 0.1) is 6.54 Å². The summed E-state index contributed by atoms with van der Waals surface area (Å²) in [5.74, 6) is -0.135. The molecule has 0 bridgehead atoms. The Kier molecular flexibility index (Phi) is 2.81. The number of hydrogen-bond acceptors (Lipinski definition) is 3. The molecule has 0 aliphatic carbocycles. The maximum atomic E-state index is 11.3. The van der Waals surface area contributed by atoms with Crippen LogP contribution >= 0.6 is 0 Å². The summed E-state index contributed by atoms with van der Waals surface area (Å²) in [5.41, 5.74) is 0. The summed E-state index contributed by atoms with van der Waals surface area (Å²) >= 11 is 0. The Morgan fingerprint density at radius 2 is 2.17 bits per heavy atom. The smallest absolute Gasteiger partial charge is 0.243 e. The summed E-state index contributed by atoms with van der Waals surface area (Å²) in [6, 6.07) is 0. The van der Waals surface area contributed by atoms with Gasteiger partial charge in [-0.25, -0.2) is 0 Å². The predicted octanol–water partition coefficient (Wildman–Crippen LogP) is -0.303. The first-order valence-corrected chi connectivity index (χ1v) is 4.17. The first-order valence-electron chi connectivity index (χ1n) is 4.17. The van der Waals surface area contributed by atoms with Crippen molar-refractivity contribution in [3.63, 3.8) is 0 Å². The molecule has 1 heterocycles. The average molecular weight is 170 g/mol. The molecule has 0 unspecified atom stereocenters. The highest BCUT2D eigenvalue weighted by Crippen LogP contribution is 2.02. The summed E-state index contributed by atoms with van der Waals surface area (Å²) in [6.45, 7) is 3.47.